The van der Waals surface area contributed by atoms with E-state index < -0.39 is 15.8 Å². The van der Waals surface area contributed by atoms with Crippen molar-refractivity contribution < 1.29 is 17.9 Å². The van der Waals surface area contributed by atoms with Gasteiger partial charge in [0.25, 0.3) is 0 Å². The number of carbonyl (C=O) groups excluding carboxylic acids is 1. The lowest BCUT2D eigenvalue weighted by Gasteiger charge is -2.04. The van der Waals surface area contributed by atoms with Crippen LogP contribution in [0.4, 0.5) is 0 Å². The monoisotopic (exact) mass is 373 g/mol. The standard InChI is InChI=1S/C16H11N3O4S2/c1-23-15(20)14-12(10-5-3-4-9(6-10)7-17)13-11(24-14)8-18-16(19-13)25(2,21)22/h3-6,8H,1-2H3. The van der Waals surface area contributed by atoms with Crippen LogP contribution in [0.3, 0.4) is 0 Å². The molecule has 25 heavy (non-hydrogen) atoms. The van der Waals surface area contributed by atoms with E-state index in [0.717, 1.165) is 17.6 Å². The van der Waals surface area contributed by atoms with Gasteiger partial charge in [-0.25, -0.2) is 23.2 Å². The van der Waals surface area contributed by atoms with E-state index in [1.807, 2.05) is 6.07 Å². The van der Waals surface area contributed by atoms with Crippen molar-refractivity contribution in [2.75, 3.05) is 13.4 Å². The minimum absolute atomic E-state index is 0.271. The van der Waals surface area contributed by atoms with E-state index in [1.165, 1.54) is 13.3 Å². The summed E-state index contributed by atoms with van der Waals surface area (Å²) in [4.78, 5) is 20.4. The molecule has 1 aromatic carbocycles. The second kappa shape index (κ2) is 6.23. The van der Waals surface area contributed by atoms with Crippen molar-refractivity contribution in [2.24, 2.45) is 0 Å². The van der Waals surface area contributed by atoms with E-state index in [0.29, 0.717) is 26.9 Å². The van der Waals surface area contributed by atoms with E-state index >= 15 is 0 Å². The number of carbonyl (C=O) groups is 1. The topological polar surface area (TPSA) is 110 Å². The van der Waals surface area contributed by atoms with Crippen molar-refractivity contribution in [2.45, 2.75) is 5.16 Å². The molecule has 0 saturated heterocycles. The van der Waals surface area contributed by atoms with E-state index in [4.69, 9.17) is 10.00 Å². The number of hydrogen-bond donors (Lipinski definition) is 0. The molecule has 2 heterocycles. The van der Waals surface area contributed by atoms with Crippen LogP contribution in [0.2, 0.25) is 0 Å². The summed E-state index contributed by atoms with van der Waals surface area (Å²) < 4.78 is 28.9. The summed E-state index contributed by atoms with van der Waals surface area (Å²) in [7, 11) is -2.35. The number of benzene rings is 1. The maximum atomic E-state index is 12.2. The fraction of sp³-hybridized carbons (Fsp3) is 0.125. The number of esters is 1. The molecule has 0 atom stereocenters. The van der Waals surface area contributed by atoms with Crippen LogP contribution in [0.1, 0.15) is 15.2 Å². The highest BCUT2D eigenvalue weighted by Gasteiger charge is 2.24. The molecule has 0 radical (unpaired) electrons. The first-order chi connectivity index (χ1) is 11.8. The normalized spacial score (nSPS) is 11.2. The van der Waals surface area contributed by atoms with Crippen molar-refractivity contribution in [3.8, 4) is 17.2 Å². The Kier molecular flexibility index (Phi) is 4.24. The number of nitrogens with zero attached hydrogens (tertiary/aromatic N) is 3. The Labute approximate surface area is 147 Å². The molecule has 0 fully saturated rings. The van der Waals surface area contributed by atoms with Crippen LogP contribution < -0.4 is 0 Å². The van der Waals surface area contributed by atoms with Gasteiger partial charge in [-0.3, -0.25) is 0 Å². The van der Waals surface area contributed by atoms with Gasteiger partial charge in [-0.05, 0) is 17.7 Å². The van der Waals surface area contributed by atoms with Crippen molar-refractivity contribution in [1.29, 1.82) is 5.26 Å². The quantitative estimate of drug-likeness (QED) is 0.512. The smallest absolute Gasteiger partial charge is 0.348 e. The average molecular weight is 373 g/mol. The van der Waals surface area contributed by atoms with Gasteiger partial charge in [0, 0.05) is 18.0 Å². The summed E-state index contributed by atoms with van der Waals surface area (Å²) in [6.45, 7) is 0. The highest BCUT2D eigenvalue weighted by Crippen LogP contribution is 2.38. The SMILES string of the molecule is COC(=O)c1sc2cnc(S(C)(=O)=O)nc2c1-c1cccc(C#N)c1. The molecule has 0 aliphatic heterocycles. The Morgan fingerprint density at radius 2 is 2.12 bits per heavy atom. The molecule has 0 N–H and O–H groups in total. The molecule has 3 rings (SSSR count). The van der Waals surface area contributed by atoms with E-state index in [1.54, 1.807) is 24.3 Å². The highest BCUT2D eigenvalue weighted by molar-refractivity contribution is 7.90. The third-order valence-corrected chi connectivity index (χ3v) is 5.35. The van der Waals surface area contributed by atoms with Gasteiger partial charge in [0.2, 0.25) is 15.0 Å². The first-order valence-electron chi connectivity index (χ1n) is 6.93. The molecule has 0 saturated carbocycles. The minimum atomic E-state index is -3.61. The number of hydrogen-bond acceptors (Lipinski definition) is 8. The van der Waals surface area contributed by atoms with Gasteiger partial charge in [0.15, 0.2) is 0 Å². The number of fused-ring (bicyclic) bond motifs is 1. The summed E-state index contributed by atoms with van der Waals surface area (Å²) in [6, 6.07) is 8.67. The molecular weight excluding hydrogens is 362 g/mol. The Hall–Kier alpha value is -2.83. The average Bonchev–Trinajstić information content (AvgIpc) is 2.99. The summed E-state index contributed by atoms with van der Waals surface area (Å²) >= 11 is 1.11. The van der Waals surface area contributed by atoms with E-state index in [2.05, 4.69) is 9.97 Å². The molecule has 0 aliphatic carbocycles. The van der Waals surface area contributed by atoms with Crippen molar-refractivity contribution >= 4 is 37.4 Å². The number of thiophene rings is 1. The third kappa shape index (κ3) is 3.09. The fourth-order valence-corrected chi connectivity index (χ4v) is 3.86. The number of nitriles is 1. The molecule has 0 amide bonds. The number of methoxy groups -OCH3 is 1. The number of sulfone groups is 1. The highest BCUT2D eigenvalue weighted by atomic mass is 32.2. The predicted molar refractivity (Wildman–Crippen MR) is 92.0 cm³/mol. The second-order valence-corrected chi connectivity index (χ2v) is 8.09. The van der Waals surface area contributed by atoms with Crippen LogP contribution in [0, 0.1) is 11.3 Å². The van der Waals surface area contributed by atoms with Crippen LogP contribution in [-0.4, -0.2) is 37.7 Å². The molecule has 7 nitrogen and oxygen atoms in total. The lowest BCUT2D eigenvalue weighted by molar-refractivity contribution is 0.0607. The largest absolute Gasteiger partial charge is 0.465 e. The zero-order chi connectivity index (χ0) is 18.2. The van der Waals surface area contributed by atoms with Gasteiger partial charge in [0.1, 0.15) is 4.88 Å². The number of ether oxygens (including phenoxy) is 1. The van der Waals surface area contributed by atoms with Crippen LogP contribution in [-0.2, 0) is 14.6 Å². The zero-order valence-electron chi connectivity index (χ0n) is 13.2. The summed E-state index contributed by atoms with van der Waals surface area (Å²) in [5, 5.41) is 8.78. The molecule has 0 bridgehead atoms. The van der Waals surface area contributed by atoms with Crippen LogP contribution >= 0.6 is 11.3 Å². The molecular formula is C16H11N3O4S2. The van der Waals surface area contributed by atoms with Crippen molar-refractivity contribution in [1.82, 2.24) is 9.97 Å². The van der Waals surface area contributed by atoms with Crippen LogP contribution in [0.25, 0.3) is 21.3 Å². The first kappa shape index (κ1) is 17.0. The maximum Gasteiger partial charge on any atom is 0.348 e. The van der Waals surface area contributed by atoms with Gasteiger partial charge < -0.3 is 4.74 Å². The van der Waals surface area contributed by atoms with Crippen molar-refractivity contribution in [3.05, 3.63) is 40.9 Å². The third-order valence-electron chi connectivity index (χ3n) is 3.39. The maximum absolute atomic E-state index is 12.2. The molecule has 0 unspecified atom stereocenters. The molecule has 9 heteroatoms. The van der Waals surface area contributed by atoms with Gasteiger partial charge in [-0.1, -0.05) is 12.1 Å². The predicted octanol–water partition coefficient (Wildman–Crippen LogP) is 2.42. The Balaban J connectivity index is 2.39. The van der Waals surface area contributed by atoms with E-state index in [-0.39, 0.29) is 10.0 Å². The molecule has 0 aliphatic rings. The van der Waals surface area contributed by atoms with Gasteiger partial charge >= 0.3 is 5.97 Å². The number of rotatable bonds is 3. The molecule has 3 aromatic rings. The molecule has 2 aromatic heterocycles. The van der Waals surface area contributed by atoms with E-state index in [9.17, 15) is 13.2 Å². The summed E-state index contributed by atoms with van der Waals surface area (Å²) in [5.74, 6) is -0.568. The van der Waals surface area contributed by atoms with Crippen LogP contribution in [0.15, 0.2) is 35.6 Å². The second-order valence-electron chi connectivity index (χ2n) is 5.13. The van der Waals surface area contributed by atoms with Gasteiger partial charge in [-0.2, -0.15) is 5.26 Å². The van der Waals surface area contributed by atoms with Gasteiger partial charge in [0.05, 0.1) is 29.0 Å². The lowest BCUT2D eigenvalue weighted by atomic mass is 10.0. The number of aromatic nitrogens is 2. The van der Waals surface area contributed by atoms with Crippen LogP contribution in [0.5, 0.6) is 0 Å². The Morgan fingerprint density at radius 3 is 2.76 bits per heavy atom. The summed E-state index contributed by atoms with van der Waals surface area (Å²) in [5.41, 5.74) is 1.74. The molecule has 126 valence electrons. The lowest BCUT2D eigenvalue weighted by Crippen LogP contribution is -2.04. The summed E-state index contributed by atoms with van der Waals surface area (Å²) in [6.07, 6.45) is 2.38. The van der Waals surface area contributed by atoms with Gasteiger partial charge in [-0.15, -0.1) is 11.3 Å². The minimum Gasteiger partial charge on any atom is -0.465 e. The van der Waals surface area contributed by atoms with Crippen molar-refractivity contribution in [3.63, 3.8) is 0 Å². The Bertz CT molecular complexity index is 1140. The fourth-order valence-electron chi connectivity index (χ4n) is 2.30. The Morgan fingerprint density at radius 1 is 1.36 bits per heavy atom. The first-order valence-corrected chi connectivity index (χ1v) is 9.64. The molecule has 0 spiro atoms. The zero-order valence-corrected chi connectivity index (χ0v) is 14.8.